The molecular formula is C12H20Br2N2O. The Morgan fingerprint density at radius 2 is 2.06 bits per heavy atom. The van der Waals surface area contributed by atoms with E-state index in [1.807, 2.05) is 19.1 Å². The topological polar surface area (TPSA) is 44.3 Å². The van der Waals surface area contributed by atoms with E-state index in [1.165, 1.54) is 5.56 Å². The van der Waals surface area contributed by atoms with Crippen LogP contribution in [0, 0.1) is 6.92 Å². The molecule has 5 heteroatoms. The van der Waals surface area contributed by atoms with Crippen molar-refractivity contribution in [2.45, 2.75) is 19.4 Å². The van der Waals surface area contributed by atoms with Gasteiger partial charge in [-0.2, -0.15) is 0 Å². The van der Waals surface area contributed by atoms with E-state index in [4.69, 9.17) is 0 Å². The lowest BCUT2D eigenvalue weighted by molar-refractivity contribution is 0.415. The lowest BCUT2D eigenvalue weighted by Crippen LogP contribution is -2.49. The normalized spacial score (nSPS) is 19.0. The molecule has 0 amide bonds. The SMILES string of the molecule is Br.Br.Cc1ccc(CC2CNCCN2)cc1O. The highest BCUT2D eigenvalue weighted by atomic mass is 79.9. The second-order valence-electron chi connectivity index (χ2n) is 4.18. The molecule has 1 unspecified atom stereocenters. The number of hydrogen-bond acceptors (Lipinski definition) is 3. The lowest BCUT2D eigenvalue weighted by atomic mass is 10.0. The number of aryl methyl sites for hydroxylation is 1. The molecule has 1 heterocycles. The molecule has 3 N–H and O–H groups in total. The molecule has 1 aliphatic heterocycles. The Kier molecular flexibility index (Phi) is 8.03. The van der Waals surface area contributed by atoms with Crippen molar-refractivity contribution in [2.75, 3.05) is 19.6 Å². The molecule has 1 atom stereocenters. The van der Waals surface area contributed by atoms with Crippen LogP contribution in [0.15, 0.2) is 18.2 Å². The molecule has 2 rings (SSSR count). The number of phenolic OH excluding ortho intramolecular Hbond substituents is 1. The van der Waals surface area contributed by atoms with Gasteiger partial charge in [0.2, 0.25) is 0 Å². The van der Waals surface area contributed by atoms with E-state index < -0.39 is 0 Å². The number of aromatic hydroxyl groups is 1. The van der Waals surface area contributed by atoms with Crippen molar-refractivity contribution in [1.82, 2.24) is 10.6 Å². The largest absolute Gasteiger partial charge is 0.508 e. The number of phenols is 1. The van der Waals surface area contributed by atoms with E-state index >= 15 is 0 Å². The van der Waals surface area contributed by atoms with Crippen LogP contribution in [-0.4, -0.2) is 30.8 Å². The Hall–Kier alpha value is -0.100. The van der Waals surface area contributed by atoms with Crippen LogP contribution in [0.5, 0.6) is 5.75 Å². The summed E-state index contributed by atoms with van der Waals surface area (Å²) in [5, 5.41) is 16.4. The van der Waals surface area contributed by atoms with Crippen LogP contribution in [0.2, 0.25) is 0 Å². The molecule has 1 aliphatic rings. The predicted molar refractivity (Wildman–Crippen MR) is 81.9 cm³/mol. The van der Waals surface area contributed by atoms with Gasteiger partial charge in [-0.3, -0.25) is 0 Å². The third-order valence-corrected chi connectivity index (χ3v) is 2.88. The molecule has 3 nitrogen and oxygen atoms in total. The fourth-order valence-corrected chi connectivity index (χ4v) is 1.92. The van der Waals surface area contributed by atoms with E-state index in [1.54, 1.807) is 0 Å². The monoisotopic (exact) mass is 366 g/mol. The maximum absolute atomic E-state index is 9.59. The standard InChI is InChI=1S/C12H18N2O.2BrH/c1-9-2-3-10(7-12(9)15)6-11-8-13-4-5-14-11;;/h2-3,7,11,13-15H,4-6,8H2,1H3;2*1H. The molecular weight excluding hydrogens is 348 g/mol. The summed E-state index contributed by atoms with van der Waals surface area (Å²) < 4.78 is 0. The Bertz CT molecular complexity index is 341. The number of hydrogen-bond donors (Lipinski definition) is 3. The summed E-state index contributed by atoms with van der Waals surface area (Å²) in [6.45, 7) is 5.01. The van der Waals surface area contributed by atoms with Crippen LogP contribution in [0.4, 0.5) is 0 Å². The van der Waals surface area contributed by atoms with E-state index in [9.17, 15) is 5.11 Å². The highest BCUT2D eigenvalue weighted by Crippen LogP contribution is 2.18. The highest BCUT2D eigenvalue weighted by Gasteiger charge is 2.12. The van der Waals surface area contributed by atoms with Gasteiger partial charge < -0.3 is 15.7 Å². The number of benzene rings is 1. The lowest BCUT2D eigenvalue weighted by Gasteiger charge is -2.24. The molecule has 0 aliphatic carbocycles. The predicted octanol–water partition coefficient (Wildman–Crippen LogP) is 1.96. The molecule has 17 heavy (non-hydrogen) atoms. The molecule has 0 spiro atoms. The van der Waals surface area contributed by atoms with Crippen molar-refractivity contribution >= 4 is 34.0 Å². The van der Waals surface area contributed by atoms with Gasteiger partial charge in [-0.15, -0.1) is 34.0 Å². The molecule has 1 saturated heterocycles. The van der Waals surface area contributed by atoms with Crippen LogP contribution in [0.25, 0.3) is 0 Å². The Labute approximate surface area is 124 Å². The summed E-state index contributed by atoms with van der Waals surface area (Å²) in [4.78, 5) is 0. The van der Waals surface area contributed by atoms with Crippen molar-refractivity contribution in [3.63, 3.8) is 0 Å². The molecule has 0 radical (unpaired) electrons. The summed E-state index contributed by atoms with van der Waals surface area (Å²) in [7, 11) is 0. The van der Waals surface area contributed by atoms with Gasteiger partial charge in [0.25, 0.3) is 0 Å². The van der Waals surface area contributed by atoms with E-state index in [2.05, 4.69) is 16.7 Å². The first kappa shape index (κ1) is 16.9. The summed E-state index contributed by atoms with van der Waals surface area (Å²) in [5.74, 6) is 0.399. The quantitative estimate of drug-likeness (QED) is 0.748. The van der Waals surface area contributed by atoms with Crippen LogP contribution >= 0.6 is 34.0 Å². The first-order valence-corrected chi connectivity index (χ1v) is 5.48. The van der Waals surface area contributed by atoms with Crippen LogP contribution in [0.1, 0.15) is 11.1 Å². The van der Waals surface area contributed by atoms with Gasteiger partial charge in [0.1, 0.15) is 5.75 Å². The van der Waals surface area contributed by atoms with E-state index in [0.29, 0.717) is 11.8 Å². The van der Waals surface area contributed by atoms with Gasteiger partial charge >= 0.3 is 0 Å². The Balaban J connectivity index is 0.00000128. The van der Waals surface area contributed by atoms with Crippen LogP contribution in [0.3, 0.4) is 0 Å². The molecule has 0 bridgehead atoms. The zero-order chi connectivity index (χ0) is 10.7. The maximum Gasteiger partial charge on any atom is 0.118 e. The first-order chi connectivity index (χ1) is 7.25. The smallest absolute Gasteiger partial charge is 0.118 e. The minimum Gasteiger partial charge on any atom is -0.508 e. The summed E-state index contributed by atoms with van der Waals surface area (Å²) >= 11 is 0. The summed E-state index contributed by atoms with van der Waals surface area (Å²) in [6, 6.07) is 6.42. The van der Waals surface area contributed by atoms with Gasteiger partial charge in [-0.05, 0) is 30.5 Å². The van der Waals surface area contributed by atoms with Crippen LogP contribution in [-0.2, 0) is 6.42 Å². The average molecular weight is 368 g/mol. The van der Waals surface area contributed by atoms with Gasteiger partial charge in [-0.25, -0.2) is 0 Å². The first-order valence-electron chi connectivity index (χ1n) is 5.48. The van der Waals surface area contributed by atoms with E-state index in [0.717, 1.165) is 31.6 Å². The second-order valence-corrected chi connectivity index (χ2v) is 4.18. The third kappa shape index (κ3) is 4.95. The molecule has 0 aromatic heterocycles. The Morgan fingerprint density at radius 3 is 2.65 bits per heavy atom. The molecule has 98 valence electrons. The number of nitrogens with one attached hydrogen (secondary N) is 2. The van der Waals surface area contributed by atoms with Gasteiger partial charge in [0, 0.05) is 25.7 Å². The summed E-state index contributed by atoms with van der Waals surface area (Å²) in [5.41, 5.74) is 2.13. The molecule has 1 aromatic carbocycles. The van der Waals surface area contributed by atoms with Gasteiger partial charge in [0.15, 0.2) is 0 Å². The number of halogens is 2. The minimum absolute atomic E-state index is 0. The van der Waals surface area contributed by atoms with Gasteiger partial charge in [0.05, 0.1) is 0 Å². The molecule has 1 fully saturated rings. The zero-order valence-corrected chi connectivity index (χ0v) is 13.3. The zero-order valence-electron chi connectivity index (χ0n) is 9.90. The van der Waals surface area contributed by atoms with Crippen LogP contribution < -0.4 is 10.6 Å². The van der Waals surface area contributed by atoms with Gasteiger partial charge in [-0.1, -0.05) is 12.1 Å². The fourth-order valence-electron chi connectivity index (χ4n) is 1.92. The minimum atomic E-state index is 0. The summed E-state index contributed by atoms with van der Waals surface area (Å²) in [6.07, 6.45) is 0.973. The average Bonchev–Trinajstić information content (AvgIpc) is 2.25. The van der Waals surface area contributed by atoms with Crippen molar-refractivity contribution in [3.8, 4) is 5.75 Å². The van der Waals surface area contributed by atoms with Crippen molar-refractivity contribution < 1.29 is 5.11 Å². The fraction of sp³-hybridized carbons (Fsp3) is 0.500. The molecule has 0 saturated carbocycles. The second kappa shape index (κ2) is 8.08. The highest BCUT2D eigenvalue weighted by molar-refractivity contribution is 8.93. The van der Waals surface area contributed by atoms with E-state index in [-0.39, 0.29) is 34.0 Å². The van der Waals surface area contributed by atoms with Crippen molar-refractivity contribution in [3.05, 3.63) is 29.3 Å². The van der Waals surface area contributed by atoms with Crippen molar-refractivity contribution in [1.29, 1.82) is 0 Å². The Morgan fingerprint density at radius 1 is 1.29 bits per heavy atom. The maximum atomic E-state index is 9.59. The third-order valence-electron chi connectivity index (χ3n) is 2.88. The number of rotatable bonds is 2. The molecule has 1 aromatic rings. The van der Waals surface area contributed by atoms with Crippen molar-refractivity contribution in [2.24, 2.45) is 0 Å². The number of piperazine rings is 1.